The first-order valence-corrected chi connectivity index (χ1v) is 8.00. The van der Waals surface area contributed by atoms with E-state index in [1.54, 1.807) is 6.07 Å². The summed E-state index contributed by atoms with van der Waals surface area (Å²) in [6.45, 7) is 8.38. The summed E-state index contributed by atoms with van der Waals surface area (Å²) in [5, 5.41) is 4.10. The smallest absolute Gasteiger partial charge is 0.128 e. The number of rotatable bonds is 5. The van der Waals surface area contributed by atoms with Crippen LogP contribution in [0.2, 0.25) is 5.02 Å². The van der Waals surface area contributed by atoms with Gasteiger partial charge in [0.1, 0.15) is 5.82 Å². The van der Waals surface area contributed by atoms with Crippen molar-refractivity contribution >= 4 is 11.6 Å². The Hall–Kier alpha value is -0.600. The molecule has 1 aliphatic carbocycles. The monoisotopic (exact) mass is 297 g/mol. The van der Waals surface area contributed by atoms with E-state index in [4.69, 9.17) is 11.6 Å². The van der Waals surface area contributed by atoms with Crippen molar-refractivity contribution in [1.82, 2.24) is 5.32 Å². The molecule has 1 saturated carbocycles. The van der Waals surface area contributed by atoms with Gasteiger partial charge in [0.05, 0.1) is 0 Å². The largest absolute Gasteiger partial charge is 0.316 e. The average Bonchev–Trinajstić information content (AvgIpc) is 2.71. The normalized spacial score (nSPS) is 26.4. The Kier molecular flexibility index (Phi) is 5.09. The number of benzene rings is 1. The summed E-state index contributed by atoms with van der Waals surface area (Å²) in [5.74, 6) is 0.897. The van der Waals surface area contributed by atoms with Crippen LogP contribution in [0.25, 0.3) is 0 Å². The predicted octanol–water partition coefficient (Wildman–Crippen LogP) is 4.78. The Bertz CT molecular complexity index is 440. The molecule has 2 rings (SSSR count). The van der Waals surface area contributed by atoms with Gasteiger partial charge in [0, 0.05) is 22.5 Å². The summed E-state index contributed by atoms with van der Waals surface area (Å²) < 4.78 is 14.4. The molecule has 1 nitrogen and oxygen atoms in total. The maximum Gasteiger partial charge on any atom is 0.128 e. The summed E-state index contributed by atoms with van der Waals surface area (Å²) in [5.41, 5.74) is 0.569. The van der Waals surface area contributed by atoms with Crippen molar-refractivity contribution < 1.29 is 4.39 Å². The molecule has 1 N–H and O–H groups in total. The van der Waals surface area contributed by atoms with Crippen LogP contribution in [0.5, 0.6) is 0 Å². The van der Waals surface area contributed by atoms with Crippen molar-refractivity contribution in [3.8, 4) is 0 Å². The molecule has 0 aliphatic heterocycles. The van der Waals surface area contributed by atoms with Gasteiger partial charge in [-0.05, 0) is 43.4 Å². The Morgan fingerprint density at radius 3 is 2.75 bits per heavy atom. The predicted molar refractivity (Wildman–Crippen MR) is 83.8 cm³/mol. The average molecular weight is 298 g/mol. The van der Waals surface area contributed by atoms with E-state index in [0.29, 0.717) is 16.9 Å². The van der Waals surface area contributed by atoms with Crippen molar-refractivity contribution in [3.05, 3.63) is 34.6 Å². The van der Waals surface area contributed by atoms with Gasteiger partial charge >= 0.3 is 0 Å². The third kappa shape index (κ3) is 3.01. The molecule has 112 valence electrons. The van der Waals surface area contributed by atoms with Crippen LogP contribution in [0.1, 0.15) is 45.6 Å². The zero-order valence-electron chi connectivity index (χ0n) is 12.7. The first-order chi connectivity index (χ1) is 9.47. The zero-order chi connectivity index (χ0) is 14.8. The summed E-state index contributed by atoms with van der Waals surface area (Å²) in [6.07, 6.45) is 3.31. The number of halogens is 2. The lowest BCUT2D eigenvalue weighted by Crippen LogP contribution is -2.42. The first-order valence-electron chi connectivity index (χ1n) is 7.62. The first kappa shape index (κ1) is 15.8. The second-order valence-corrected chi connectivity index (χ2v) is 6.98. The fourth-order valence-electron chi connectivity index (χ4n) is 3.53. The van der Waals surface area contributed by atoms with Crippen LogP contribution in [-0.4, -0.2) is 13.1 Å². The molecular weight excluding hydrogens is 273 g/mol. The molecule has 2 unspecified atom stereocenters. The molecule has 0 heterocycles. The van der Waals surface area contributed by atoms with E-state index in [0.717, 1.165) is 37.9 Å². The fraction of sp³-hybridized carbons (Fsp3) is 0.647. The molecule has 3 heteroatoms. The lowest BCUT2D eigenvalue weighted by Gasteiger charge is -2.36. The second-order valence-electron chi connectivity index (χ2n) is 6.57. The molecule has 2 atom stereocenters. The quantitative estimate of drug-likeness (QED) is 0.824. The highest BCUT2D eigenvalue weighted by atomic mass is 35.5. The van der Waals surface area contributed by atoms with Gasteiger partial charge in [0.15, 0.2) is 0 Å². The number of hydrogen-bond acceptors (Lipinski definition) is 1. The van der Waals surface area contributed by atoms with Gasteiger partial charge in [0.25, 0.3) is 0 Å². The minimum atomic E-state index is -0.155. The number of nitrogens with one attached hydrogen (secondary N) is 1. The van der Waals surface area contributed by atoms with Crippen LogP contribution < -0.4 is 5.32 Å². The molecule has 1 aromatic carbocycles. The standard InChI is InChI=1S/C17H25ClFN/c1-12(2)10-20-11-17(9-5-6-13(17)3)16-14(18)7-4-8-15(16)19/h4,7-8,12-13,20H,5-6,9-11H2,1-3H3. The lowest BCUT2D eigenvalue weighted by molar-refractivity contribution is 0.301. The molecule has 0 radical (unpaired) electrons. The van der Waals surface area contributed by atoms with Crippen molar-refractivity contribution in [2.24, 2.45) is 11.8 Å². The van der Waals surface area contributed by atoms with Crippen LogP contribution in [-0.2, 0) is 5.41 Å². The molecule has 0 bridgehead atoms. The maximum atomic E-state index is 14.4. The van der Waals surface area contributed by atoms with E-state index in [2.05, 4.69) is 26.1 Å². The van der Waals surface area contributed by atoms with Gasteiger partial charge in [-0.1, -0.05) is 44.9 Å². The Balaban J connectivity index is 2.32. The summed E-state index contributed by atoms with van der Waals surface area (Å²) in [4.78, 5) is 0. The Morgan fingerprint density at radius 1 is 1.45 bits per heavy atom. The van der Waals surface area contributed by atoms with Crippen molar-refractivity contribution in [3.63, 3.8) is 0 Å². The molecule has 1 aliphatic rings. The molecule has 1 aromatic rings. The van der Waals surface area contributed by atoms with E-state index in [1.807, 2.05) is 6.07 Å². The summed E-state index contributed by atoms with van der Waals surface area (Å²) in [6, 6.07) is 5.04. The van der Waals surface area contributed by atoms with Gasteiger partial charge in [-0.2, -0.15) is 0 Å². The molecular formula is C17H25ClFN. The van der Waals surface area contributed by atoms with E-state index in [9.17, 15) is 4.39 Å². The Morgan fingerprint density at radius 2 is 2.20 bits per heavy atom. The lowest BCUT2D eigenvalue weighted by atomic mass is 9.72. The van der Waals surface area contributed by atoms with Crippen LogP contribution in [0.3, 0.4) is 0 Å². The molecule has 0 saturated heterocycles. The maximum absolute atomic E-state index is 14.4. The van der Waals surface area contributed by atoms with E-state index >= 15 is 0 Å². The fourth-order valence-corrected chi connectivity index (χ4v) is 3.88. The number of hydrogen-bond donors (Lipinski definition) is 1. The summed E-state index contributed by atoms with van der Waals surface area (Å²) >= 11 is 6.34. The van der Waals surface area contributed by atoms with Crippen LogP contribution >= 0.6 is 11.6 Å². The van der Waals surface area contributed by atoms with Gasteiger partial charge in [-0.25, -0.2) is 4.39 Å². The highest BCUT2D eigenvalue weighted by molar-refractivity contribution is 6.31. The van der Waals surface area contributed by atoms with Crippen molar-refractivity contribution in [1.29, 1.82) is 0 Å². The SMILES string of the molecule is CC(C)CNCC1(c2c(F)cccc2Cl)CCCC1C. The molecule has 0 aromatic heterocycles. The second kappa shape index (κ2) is 6.44. The molecule has 1 fully saturated rings. The van der Waals surface area contributed by atoms with Crippen molar-refractivity contribution in [2.75, 3.05) is 13.1 Å². The summed E-state index contributed by atoms with van der Waals surface area (Å²) in [7, 11) is 0. The third-order valence-corrected chi connectivity index (χ3v) is 4.97. The third-order valence-electron chi connectivity index (χ3n) is 4.66. The van der Waals surface area contributed by atoms with Gasteiger partial charge in [0.2, 0.25) is 0 Å². The topological polar surface area (TPSA) is 12.0 Å². The van der Waals surface area contributed by atoms with E-state index < -0.39 is 0 Å². The van der Waals surface area contributed by atoms with E-state index in [1.165, 1.54) is 6.07 Å². The molecule has 0 amide bonds. The van der Waals surface area contributed by atoms with Crippen molar-refractivity contribution in [2.45, 2.75) is 45.4 Å². The van der Waals surface area contributed by atoms with Gasteiger partial charge in [-0.15, -0.1) is 0 Å². The van der Waals surface area contributed by atoms with Gasteiger partial charge in [-0.3, -0.25) is 0 Å². The minimum absolute atomic E-state index is 0.155. The van der Waals surface area contributed by atoms with Crippen LogP contribution in [0.15, 0.2) is 18.2 Å². The molecule has 20 heavy (non-hydrogen) atoms. The van der Waals surface area contributed by atoms with Crippen LogP contribution in [0.4, 0.5) is 4.39 Å². The van der Waals surface area contributed by atoms with Gasteiger partial charge < -0.3 is 5.32 Å². The molecule has 0 spiro atoms. The highest BCUT2D eigenvalue weighted by Crippen LogP contribution is 2.48. The van der Waals surface area contributed by atoms with Crippen LogP contribution in [0, 0.1) is 17.7 Å². The minimum Gasteiger partial charge on any atom is -0.316 e. The zero-order valence-corrected chi connectivity index (χ0v) is 13.4. The van der Waals surface area contributed by atoms with E-state index in [-0.39, 0.29) is 11.2 Å². The highest BCUT2D eigenvalue weighted by Gasteiger charge is 2.44. The Labute approximate surface area is 126 Å².